The molecule has 3 rings (SSSR count). The molecule has 0 saturated carbocycles. The average molecular weight is 253 g/mol. The minimum Gasteiger partial charge on any atom is -0.344 e. The Labute approximate surface area is 111 Å². The first-order valence-electron chi connectivity index (χ1n) is 6.31. The van der Waals surface area contributed by atoms with Gasteiger partial charge in [-0.05, 0) is 37.6 Å². The second kappa shape index (κ2) is 4.46. The summed E-state index contributed by atoms with van der Waals surface area (Å²) >= 11 is 0. The van der Waals surface area contributed by atoms with E-state index in [-0.39, 0.29) is 5.78 Å². The van der Waals surface area contributed by atoms with Gasteiger partial charge >= 0.3 is 0 Å². The molecule has 0 aromatic carbocycles. The van der Waals surface area contributed by atoms with Crippen molar-refractivity contribution in [3.05, 3.63) is 41.2 Å². The molecule has 1 N–H and O–H groups in total. The molecule has 0 bridgehead atoms. The monoisotopic (exact) mass is 253 g/mol. The van der Waals surface area contributed by atoms with Gasteiger partial charge in [0.15, 0.2) is 5.78 Å². The maximum atomic E-state index is 12.1. The highest BCUT2D eigenvalue weighted by molar-refractivity contribution is 6.07. The van der Waals surface area contributed by atoms with E-state index in [1.165, 1.54) is 0 Å². The second-order valence-electron chi connectivity index (χ2n) is 4.96. The van der Waals surface area contributed by atoms with Gasteiger partial charge in [-0.25, -0.2) is 4.98 Å². The Kier molecular flexibility index (Phi) is 2.78. The highest BCUT2D eigenvalue weighted by Crippen LogP contribution is 2.16. The number of H-pyrrole nitrogens is 1. The number of aromatic nitrogens is 2. The fourth-order valence-electron chi connectivity index (χ4n) is 2.32. The summed E-state index contributed by atoms with van der Waals surface area (Å²) < 4.78 is 0. The third kappa shape index (κ3) is 2.34. The Morgan fingerprint density at radius 2 is 2.21 bits per heavy atom. The summed E-state index contributed by atoms with van der Waals surface area (Å²) in [5.74, 6) is 0.133. The molecule has 0 amide bonds. The largest absolute Gasteiger partial charge is 0.344 e. The van der Waals surface area contributed by atoms with Crippen LogP contribution in [0, 0.1) is 6.92 Å². The van der Waals surface area contributed by atoms with Gasteiger partial charge in [0.2, 0.25) is 0 Å². The number of hydrogen-bond donors (Lipinski definition) is 1. The SMILES string of the molecule is CC1=NCC(C(=O)Cc2cnc3[nH]c(C)cc3c2)=C1. The summed E-state index contributed by atoms with van der Waals surface area (Å²) in [6.07, 6.45) is 4.02. The molecule has 4 heteroatoms. The Morgan fingerprint density at radius 1 is 1.37 bits per heavy atom. The molecule has 1 aliphatic rings. The van der Waals surface area contributed by atoms with Gasteiger partial charge in [-0.3, -0.25) is 9.79 Å². The van der Waals surface area contributed by atoms with Crippen molar-refractivity contribution in [2.45, 2.75) is 20.3 Å². The predicted octanol–water partition coefficient (Wildman–Crippen LogP) is 2.38. The van der Waals surface area contributed by atoms with Crippen LogP contribution >= 0.6 is 0 Å². The van der Waals surface area contributed by atoms with Gasteiger partial charge in [0.1, 0.15) is 5.65 Å². The van der Waals surface area contributed by atoms with E-state index in [2.05, 4.69) is 15.0 Å². The standard InChI is InChI=1S/C15H15N3O/c1-9-3-13(8-16-9)14(19)6-11-5-12-4-10(2)18-15(12)17-7-11/h3-5,7H,6,8H2,1-2H3,(H,17,18). The van der Waals surface area contributed by atoms with Crippen molar-refractivity contribution in [3.63, 3.8) is 0 Å². The lowest BCUT2D eigenvalue weighted by Gasteiger charge is -2.01. The van der Waals surface area contributed by atoms with Crippen LogP contribution in [-0.4, -0.2) is 28.0 Å². The summed E-state index contributed by atoms with van der Waals surface area (Å²) in [4.78, 5) is 23.9. The number of fused-ring (bicyclic) bond motifs is 1. The number of aryl methyl sites for hydroxylation is 1. The van der Waals surface area contributed by atoms with E-state index in [1.54, 1.807) is 6.20 Å². The van der Waals surface area contributed by atoms with E-state index in [0.29, 0.717) is 13.0 Å². The number of allylic oxidation sites excluding steroid dienone is 1. The first-order valence-corrected chi connectivity index (χ1v) is 6.31. The quantitative estimate of drug-likeness (QED) is 0.913. The fraction of sp³-hybridized carbons (Fsp3) is 0.267. The Hall–Kier alpha value is -2.23. The van der Waals surface area contributed by atoms with Crippen LogP contribution in [0.4, 0.5) is 0 Å². The zero-order valence-electron chi connectivity index (χ0n) is 11.0. The van der Waals surface area contributed by atoms with Crippen LogP contribution in [0.3, 0.4) is 0 Å². The average Bonchev–Trinajstić information content (AvgIpc) is 2.93. The van der Waals surface area contributed by atoms with Crippen LogP contribution in [0.1, 0.15) is 18.2 Å². The Morgan fingerprint density at radius 3 is 2.95 bits per heavy atom. The molecule has 96 valence electrons. The van der Waals surface area contributed by atoms with Gasteiger partial charge in [0, 0.05) is 35.0 Å². The number of pyridine rings is 1. The molecule has 2 aromatic rings. The van der Waals surface area contributed by atoms with E-state index in [9.17, 15) is 4.79 Å². The van der Waals surface area contributed by atoms with Crippen LogP contribution in [-0.2, 0) is 11.2 Å². The van der Waals surface area contributed by atoms with Gasteiger partial charge in [-0.1, -0.05) is 0 Å². The molecule has 0 atom stereocenters. The summed E-state index contributed by atoms with van der Waals surface area (Å²) in [6.45, 7) is 4.43. The molecule has 0 aliphatic carbocycles. The van der Waals surface area contributed by atoms with Crippen molar-refractivity contribution in [2.24, 2.45) is 4.99 Å². The number of ketones is 1. The minimum atomic E-state index is 0.133. The molecule has 4 nitrogen and oxygen atoms in total. The van der Waals surface area contributed by atoms with Gasteiger partial charge in [-0.2, -0.15) is 0 Å². The first kappa shape index (κ1) is 11.8. The molecule has 0 spiro atoms. The Bertz CT molecular complexity index is 722. The number of carbonyl (C=O) groups is 1. The summed E-state index contributed by atoms with van der Waals surface area (Å²) in [6, 6.07) is 4.06. The third-order valence-corrected chi connectivity index (χ3v) is 3.27. The lowest BCUT2D eigenvalue weighted by Crippen LogP contribution is -2.07. The normalized spacial score (nSPS) is 14.6. The van der Waals surface area contributed by atoms with Crippen molar-refractivity contribution >= 4 is 22.5 Å². The summed E-state index contributed by atoms with van der Waals surface area (Å²) in [5, 5.41) is 1.05. The van der Waals surface area contributed by atoms with Crippen molar-refractivity contribution in [3.8, 4) is 0 Å². The lowest BCUT2D eigenvalue weighted by molar-refractivity contribution is -0.114. The van der Waals surface area contributed by atoms with Gasteiger partial charge < -0.3 is 4.98 Å². The van der Waals surface area contributed by atoms with Crippen molar-refractivity contribution in [1.29, 1.82) is 0 Å². The van der Waals surface area contributed by atoms with Crippen LogP contribution in [0.2, 0.25) is 0 Å². The summed E-state index contributed by atoms with van der Waals surface area (Å²) in [7, 11) is 0. The minimum absolute atomic E-state index is 0.133. The second-order valence-corrected chi connectivity index (χ2v) is 4.96. The number of Topliss-reactive ketones (excluding diaryl/α,β-unsaturated/α-hetero) is 1. The number of rotatable bonds is 3. The highest BCUT2D eigenvalue weighted by Gasteiger charge is 2.14. The molecule has 1 aliphatic heterocycles. The summed E-state index contributed by atoms with van der Waals surface area (Å²) in [5.41, 5.74) is 4.62. The zero-order chi connectivity index (χ0) is 13.4. The van der Waals surface area contributed by atoms with Crippen LogP contribution < -0.4 is 0 Å². The van der Waals surface area contributed by atoms with E-state index < -0.39 is 0 Å². The number of hydrogen-bond acceptors (Lipinski definition) is 3. The smallest absolute Gasteiger partial charge is 0.165 e. The van der Waals surface area contributed by atoms with E-state index >= 15 is 0 Å². The number of carbonyl (C=O) groups excluding carboxylic acids is 1. The molecule has 0 radical (unpaired) electrons. The van der Waals surface area contributed by atoms with E-state index in [4.69, 9.17) is 0 Å². The number of aliphatic imine (C=N–C) groups is 1. The number of nitrogens with zero attached hydrogens (tertiary/aromatic N) is 2. The fourth-order valence-corrected chi connectivity index (χ4v) is 2.32. The van der Waals surface area contributed by atoms with Crippen molar-refractivity contribution in [2.75, 3.05) is 6.54 Å². The van der Waals surface area contributed by atoms with Crippen LogP contribution in [0.25, 0.3) is 11.0 Å². The third-order valence-electron chi connectivity index (χ3n) is 3.27. The maximum absolute atomic E-state index is 12.1. The number of aromatic amines is 1. The topological polar surface area (TPSA) is 58.1 Å². The van der Waals surface area contributed by atoms with Gasteiger partial charge in [0.05, 0.1) is 6.54 Å². The number of nitrogens with one attached hydrogen (secondary N) is 1. The molecular weight excluding hydrogens is 238 g/mol. The molecule has 0 unspecified atom stereocenters. The predicted molar refractivity (Wildman–Crippen MR) is 75.6 cm³/mol. The molecule has 19 heavy (non-hydrogen) atoms. The van der Waals surface area contributed by atoms with Crippen LogP contribution in [0.5, 0.6) is 0 Å². The Balaban J connectivity index is 1.81. The van der Waals surface area contributed by atoms with Crippen LogP contribution in [0.15, 0.2) is 35.0 Å². The first-order chi connectivity index (χ1) is 9.11. The molecule has 3 heterocycles. The van der Waals surface area contributed by atoms with Gasteiger partial charge in [-0.15, -0.1) is 0 Å². The van der Waals surface area contributed by atoms with E-state index in [1.807, 2.05) is 32.1 Å². The lowest BCUT2D eigenvalue weighted by atomic mass is 10.0. The van der Waals surface area contributed by atoms with Crippen molar-refractivity contribution < 1.29 is 4.79 Å². The van der Waals surface area contributed by atoms with Gasteiger partial charge in [0.25, 0.3) is 0 Å². The molecule has 0 saturated heterocycles. The maximum Gasteiger partial charge on any atom is 0.165 e. The zero-order valence-corrected chi connectivity index (χ0v) is 11.0. The molecule has 0 fully saturated rings. The van der Waals surface area contributed by atoms with Crippen molar-refractivity contribution in [1.82, 2.24) is 9.97 Å². The molecule has 2 aromatic heterocycles. The molecular formula is C15H15N3O. The van der Waals surface area contributed by atoms with E-state index in [0.717, 1.165) is 33.6 Å². The highest BCUT2D eigenvalue weighted by atomic mass is 16.1.